The first-order valence-electron chi connectivity index (χ1n) is 9.21. The number of hydrogen-bond donors (Lipinski definition) is 1. The third-order valence-corrected chi connectivity index (χ3v) is 6.75. The molecule has 6 nitrogen and oxygen atoms in total. The molecule has 0 atom stereocenters. The second-order valence-electron chi connectivity index (χ2n) is 7.14. The number of rotatable bonds is 4. The topological polar surface area (TPSA) is 80.7 Å². The Kier molecular flexibility index (Phi) is 5.29. The van der Waals surface area contributed by atoms with Gasteiger partial charge in [-0.1, -0.05) is 23.5 Å². The van der Waals surface area contributed by atoms with Gasteiger partial charge in [-0.3, -0.25) is 0 Å². The van der Waals surface area contributed by atoms with Crippen molar-refractivity contribution < 1.29 is 13.2 Å². The van der Waals surface area contributed by atoms with Crippen molar-refractivity contribution in [2.45, 2.75) is 38.1 Å². The van der Waals surface area contributed by atoms with Gasteiger partial charge in [-0.05, 0) is 43.7 Å². The van der Waals surface area contributed by atoms with Gasteiger partial charge in [0.1, 0.15) is 5.75 Å². The van der Waals surface area contributed by atoms with Crippen molar-refractivity contribution >= 4 is 32.7 Å². The van der Waals surface area contributed by atoms with Gasteiger partial charge < -0.3 is 4.74 Å². The highest BCUT2D eigenvalue weighted by Crippen LogP contribution is 2.39. The van der Waals surface area contributed by atoms with E-state index in [2.05, 4.69) is 9.71 Å². The number of thiazole rings is 1. The molecule has 0 bridgehead atoms. The van der Waals surface area contributed by atoms with Crippen LogP contribution in [-0.2, 0) is 16.4 Å². The summed E-state index contributed by atoms with van der Waals surface area (Å²) in [5.74, 6) is 1.26. The van der Waals surface area contributed by atoms with E-state index in [9.17, 15) is 8.42 Å². The predicted molar refractivity (Wildman–Crippen MR) is 109 cm³/mol. The number of fused-ring (bicyclic) bond motifs is 3. The molecule has 1 aliphatic carbocycles. The van der Waals surface area contributed by atoms with Crippen LogP contribution in [0.2, 0.25) is 0 Å². The molecule has 2 aliphatic rings. The highest BCUT2D eigenvalue weighted by Gasteiger charge is 2.23. The number of aliphatic imine (C=N–C) groups is 1. The van der Waals surface area contributed by atoms with Crippen LogP contribution in [0.3, 0.4) is 0 Å². The zero-order valence-electron chi connectivity index (χ0n) is 15.2. The lowest BCUT2D eigenvalue weighted by Gasteiger charge is -2.26. The van der Waals surface area contributed by atoms with E-state index in [-0.39, 0.29) is 6.04 Å². The van der Waals surface area contributed by atoms with Gasteiger partial charge in [0.05, 0.1) is 18.6 Å². The van der Waals surface area contributed by atoms with Crippen LogP contribution >= 0.6 is 11.3 Å². The van der Waals surface area contributed by atoms with Crippen molar-refractivity contribution in [3.63, 3.8) is 0 Å². The lowest BCUT2D eigenvalue weighted by atomic mass is 9.87. The van der Waals surface area contributed by atoms with Crippen LogP contribution in [0, 0.1) is 5.92 Å². The van der Waals surface area contributed by atoms with E-state index in [1.807, 2.05) is 30.5 Å². The number of benzene rings is 1. The molecule has 1 aromatic carbocycles. The highest BCUT2D eigenvalue weighted by molar-refractivity contribution is 7.88. The normalized spacial score (nSPS) is 22.7. The van der Waals surface area contributed by atoms with E-state index in [0.29, 0.717) is 12.5 Å². The molecular formula is C19H23N3O3S2. The quantitative estimate of drug-likeness (QED) is 0.789. The number of aromatic nitrogens is 1. The third kappa shape index (κ3) is 4.56. The summed E-state index contributed by atoms with van der Waals surface area (Å²) >= 11 is 1.63. The fraction of sp³-hybridized carbons (Fsp3) is 0.474. The van der Waals surface area contributed by atoms with Crippen molar-refractivity contribution in [3.8, 4) is 17.0 Å². The van der Waals surface area contributed by atoms with E-state index in [0.717, 1.165) is 54.2 Å². The number of hydrogen-bond acceptors (Lipinski definition) is 6. The Morgan fingerprint density at radius 2 is 2.04 bits per heavy atom. The molecule has 2 heterocycles. The van der Waals surface area contributed by atoms with E-state index < -0.39 is 10.0 Å². The molecule has 144 valence electrons. The summed E-state index contributed by atoms with van der Waals surface area (Å²) < 4.78 is 31.2. The van der Waals surface area contributed by atoms with Crippen LogP contribution in [0.1, 0.15) is 30.6 Å². The minimum atomic E-state index is -3.13. The van der Waals surface area contributed by atoms with Gasteiger partial charge in [0.2, 0.25) is 15.2 Å². The molecular weight excluding hydrogens is 382 g/mol. The lowest BCUT2D eigenvalue weighted by Crippen LogP contribution is -2.37. The van der Waals surface area contributed by atoms with Crippen LogP contribution in [0.15, 0.2) is 29.3 Å². The average Bonchev–Trinajstić information content (AvgIpc) is 2.95. The smallest absolute Gasteiger partial charge is 0.209 e. The highest BCUT2D eigenvalue weighted by atomic mass is 32.2. The van der Waals surface area contributed by atoms with Crippen molar-refractivity contribution in [2.75, 3.05) is 12.9 Å². The zero-order chi connectivity index (χ0) is 18.9. The largest absolute Gasteiger partial charge is 0.493 e. The average molecular weight is 406 g/mol. The van der Waals surface area contributed by atoms with Crippen LogP contribution in [0.5, 0.6) is 5.75 Å². The summed E-state index contributed by atoms with van der Waals surface area (Å²) in [5.41, 5.74) is 2.02. The summed E-state index contributed by atoms with van der Waals surface area (Å²) in [6, 6.07) is 8.06. The maximum Gasteiger partial charge on any atom is 0.209 e. The third-order valence-electron chi connectivity index (χ3n) is 4.96. The van der Waals surface area contributed by atoms with Gasteiger partial charge in [-0.25, -0.2) is 23.1 Å². The molecule has 8 heteroatoms. The standard InChI is InChI=1S/C19H23N3O3S2/c1-27(23,24)22-14-8-6-13(7-9-14)12-20-19-21-18-15-4-2-3-5-16(15)25-11-10-17(18)26-19/h2-5,12-14,22H,6-11H2,1H3. The van der Waals surface area contributed by atoms with E-state index >= 15 is 0 Å². The number of nitrogens with one attached hydrogen (secondary N) is 1. The maximum atomic E-state index is 11.3. The molecule has 1 N–H and O–H groups in total. The molecule has 0 spiro atoms. The lowest BCUT2D eigenvalue weighted by molar-refractivity contribution is 0.327. The van der Waals surface area contributed by atoms with Crippen molar-refractivity contribution in [1.29, 1.82) is 0 Å². The van der Waals surface area contributed by atoms with Gasteiger partial charge in [-0.15, -0.1) is 0 Å². The van der Waals surface area contributed by atoms with Gasteiger partial charge in [0.25, 0.3) is 0 Å². The molecule has 0 saturated heterocycles. The number of ether oxygens (including phenoxy) is 1. The molecule has 0 radical (unpaired) electrons. The maximum absolute atomic E-state index is 11.3. The van der Waals surface area contributed by atoms with Gasteiger partial charge in [0, 0.05) is 29.1 Å². The minimum Gasteiger partial charge on any atom is -0.493 e. The molecule has 0 amide bonds. The fourth-order valence-electron chi connectivity index (χ4n) is 3.67. The summed E-state index contributed by atoms with van der Waals surface area (Å²) in [5, 5.41) is 0.785. The van der Waals surface area contributed by atoms with E-state index in [1.165, 1.54) is 11.1 Å². The van der Waals surface area contributed by atoms with E-state index in [4.69, 9.17) is 9.72 Å². The van der Waals surface area contributed by atoms with Crippen molar-refractivity contribution in [2.24, 2.45) is 10.9 Å². The van der Waals surface area contributed by atoms with Crippen LogP contribution in [0.25, 0.3) is 11.3 Å². The second-order valence-corrected chi connectivity index (χ2v) is 9.98. The molecule has 1 fully saturated rings. The molecule has 0 unspecified atom stereocenters. The predicted octanol–water partition coefficient (Wildman–Crippen LogP) is 3.56. The number of nitrogens with zero attached hydrogens (tertiary/aromatic N) is 2. The molecule has 1 aromatic heterocycles. The van der Waals surface area contributed by atoms with Gasteiger partial charge in [0.15, 0.2) is 0 Å². The molecule has 4 rings (SSSR count). The zero-order valence-corrected chi connectivity index (χ0v) is 16.9. The summed E-state index contributed by atoms with van der Waals surface area (Å²) in [7, 11) is -3.13. The SMILES string of the molecule is CS(=O)(=O)NC1CCC(C=Nc2nc3c(s2)CCOc2ccccc2-3)CC1. The minimum absolute atomic E-state index is 0.0529. The number of para-hydroxylation sites is 1. The fourth-order valence-corrected chi connectivity index (χ4v) is 5.42. The second kappa shape index (κ2) is 7.69. The first-order valence-corrected chi connectivity index (χ1v) is 11.9. The van der Waals surface area contributed by atoms with Crippen molar-refractivity contribution in [3.05, 3.63) is 29.1 Å². The summed E-state index contributed by atoms with van der Waals surface area (Å²) in [4.78, 5) is 10.6. The Bertz CT molecular complexity index is 945. The van der Waals surface area contributed by atoms with Gasteiger partial charge in [-0.2, -0.15) is 0 Å². The first kappa shape index (κ1) is 18.6. The number of sulfonamides is 1. The van der Waals surface area contributed by atoms with Crippen molar-refractivity contribution in [1.82, 2.24) is 9.71 Å². The summed E-state index contributed by atoms with van der Waals surface area (Å²) in [6.07, 6.45) is 7.65. The molecule has 2 aromatic rings. The van der Waals surface area contributed by atoms with Crippen LogP contribution in [0.4, 0.5) is 5.13 Å². The summed E-state index contributed by atoms with van der Waals surface area (Å²) in [6.45, 7) is 0.659. The molecule has 27 heavy (non-hydrogen) atoms. The van der Waals surface area contributed by atoms with Crippen LogP contribution < -0.4 is 9.46 Å². The molecule has 1 saturated carbocycles. The Morgan fingerprint density at radius 3 is 2.81 bits per heavy atom. The first-order chi connectivity index (χ1) is 13.0. The Balaban J connectivity index is 1.44. The van der Waals surface area contributed by atoms with E-state index in [1.54, 1.807) is 11.3 Å². The molecule has 1 aliphatic heterocycles. The Hall–Kier alpha value is -1.77. The monoisotopic (exact) mass is 405 g/mol. The Morgan fingerprint density at radius 1 is 1.26 bits per heavy atom. The van der Waals surface area contributed by atoms with Crippen LogP contribution in [-0.4, -0.2) is 38.5 Å². The van der Waals surface area contributed by atoms with Gasteiger partial charge >= 0.3 is 0 Å². The Labute approximate surface area is 163 Å².